The molecule has 4 aromatic carbocycles. The molecule has 0 radical (unpaired) electrons. The van der Waals surface area contributed by atoms with Crippen LogP contribution in [0.15, 0.2) is 103 Å². The van der Waals surface area contributed by atoms with E-state index in [-0.39, 0.29) is 5.91 Å². The number of fused-ring (bicyclic) bond motifs is 2. The van der Waals surface area contributed by atoms with Crippen LogP contribution in [0.5, 0.6) is 5.75 Å². The molecule has 0 unspecified atom stereocenters. The summed E-state index contributed by atoms with van der Waals surface area (Å²) in [6.07, 6.45) is 4.13. The van der Waals surface area contributed by atoms with Gasteiger partial charge in [0.1, 0.15) is 12.4 Å². The average molecular weight is 505 g/mol. The molecule has 5 heteroatoms. The van der Waals surface area contributed by atoms with Gasteiger partial charge in [0.2, 0.25) is 0 Å². The van der Waals surface area contributed by atoms with Crippen molar-refractivity contribution in [1.82, 2.24) is 4.57 Å². The van der Waals surface area contributed by atoms with E-state index in [1.165, 1.54) is 0 Å². The Morgan fingerprint density at radius 1 is 0.892 bits per heavy atom. The number of hydrogen-bond acceptors (Lipinski definition) is 2. The Morgan fingerprint density at radius 3 is 2.49 bits per heavy atom. The zero-order valence-corrected chi connectivity index (χ0v) is 21.2. The molecular weight excluding hydrogens is 480 g/mol. The van der Waals surface area contributed by atoms with Gasteiger partial charge in [0, 0.05) is 38.9 Å². The van der Waals surface area contributed by atoms with Crippen LogP contribution < -0.4 is 9.64 Å². The number of aromatic nitrogens is 1. The van der Waals surface area contributed by atoms with Gasteiger partial charge in [-0.3, -0.25) is 9.69 Å². The van der Waals surface area contributed by atoms with Crippen molar-refractivity contribution in [2.24, 2.45) is 0 Å². The number of ether oxygens (including phenoxy) is 1. The third-order valence-electron chi connectivity index (χ3n) is 6.73. The number of anilines is 2. The third kappa shape index (κ3) is 4.30. The monoisotopic (exact) mass is 504 g/mol. The van der Waals surface area contributed by atoms with Gasteiger partial charge < -0.3 is 9.30 Å². The van der Waals surface area contributed by atoms with Gasteiger partial charge in [0.15, 0.2) is 0 Å². The largest absolute Gasteiger partial charge is 0.492 e. The topological polar surface area (TPSA) is 34.5 Å². The molecule has 0 N–H and O–H groups in total. The number of nitrogens with zero attached hydrogens (tertiary/aromatic N) is 2. The molecule has 6 rings (SSSR count). The van der Waals surface area contributed by atoms with Crippen LogP contribution in [-0.2, 0) is 11.3 Å². The Balaban J connectivity index is 1.34. The van der Waals surface area contributed by atoms with Crippen molar-refractivity contribution < 1.29 is 9.53 Å². The predicted octanol–water partition coefficient (Wildman–Crippen LogP) is 7.90. The number of carbonyl (C=O) groups is 1. The van der Waals surface area contributed by atoms with Crippen molar-refractivity contribution >= 4 is 51.4 Å². The lowest BCUT2D eigenvalue weighted by molar-refractivity contribution is -0.112. The van der Waals surface area contributed by atoms with Gasteiger partial charge >= 0.3 is 0 Å². The molecular formula is C32H25ClN2O2. The zero-order chi connectivity index (χ0) is 25.4. The van der Waals surface area contributed by atoms with Crippen molar-refractivity contribution in [3.63, 3.8) is 0 Å². The number of carbonyl (C=O) groups excluding carboxylic acids is 1. The smallest absolute Gasteiger partial charge is 0.263 e. The molecule has 0 atom stereocenters. The lowest BCUT2D eigenvalue weighted by atomic mass is 10.0. The minimum atomic E-state index is -0.0225. The molecule has 5 aromatic rings. The van der Waals surface area contributed by atoms with Crippen molar-refractivity contribution in [1.29, 1.82) is 0 Å². The number of rotatable bonds is 6. The quantitative estimate of drug-likeness (QED) is 0.220. The number of para-hydroxylation sites is 3. The van der Waals surface area contributed by atoms with E-state index < -0.39 is 0 Å². The number of benzene rings is 4. The summed E-state index contributed by atoms with van der Waals surface area (Å²) < 4.78 is 8.19. The summed E-state index contributed by atoms with van der Waals surface area (Å²) in [6.45, 7) is 3.15. The maximum Gasteiger partial charge on any atom is 0.263 e. The third-order valence-corrected chi connectivity index (χ3v) is 7.16. The van der Waals surface area contributed by atoms with E-state index in [0.29, 0.717) is 18.7 Å². The highest BCUT2D eigenvalue weighted by molar-refractivity contribution is 6.38. The first-order valence-corrected chi connectivity index (χ1v) is 12.7. The molecule has 2 heterocycles. The second-order valence-electron chi connectivity index (χ2n) is 9.11. The molecule has 0 aliphatic carbocycles. The van der Waals surface area contributed by atoms with Gasteiger partial charge in [-0.1, -0.05) is 66.2 Å². The summed E-state index contributed by atoms with van der Waals surface area (Å²) >= 11 is 6.14. The fraction of sp³-hybridized carbons (Fsp3) is 0.0938. The summed E-state index contributed by atoms with van der Waals surface area (Å²) in [5.41, 5.74) is 6.49. The standard InChI is InChI=1S/C32H25ClN2O2/c1-22-19-25(15-16-29(22)33)37-18-17-34-21-23(26-11-5-7-13-30(26)34)20-28-27-12-6-8-14-31(27)35(32(28)36)24-9-3-2-4-10-24/h2-16,19-21H,17-18H2,1H3/b28-20+. The van der Waals surface area contributed by atoms with E-state index in [1.54, 1.807) is 4.90 Å². The number of halogens is 1. The molecule has 0 spiro atoms. The highest BCUT2D eigenvalue weighted by Crippen LogP contribution is 2.42. The van der Waals surface area contributed by atoms with Gasteiger partial charge in [-0.05, 0) is 61.0 Å². The van der Waals surface area contributed by atoms with E-state index in [4.69, 9.17) is 16.3 Å². The summed E-state index contributed by atoms with van der Waals surface area (Å²) in [4.78, 5) is 15.5. The predicted molar refractivity (Wildman–Crippen MR) is 152 cm³/mol. The van der Waals surface area contributed by atoms with Crippen LogP contribution >= 0.6 is 11.6 Å². The minimum absolute atomic E-state index is 0.0225. The van der Waals surface area contributed by atoms with Crippen molar-refractivity contribution in [2.45, 2.75) is 13.5 Å². The molecule has 0 fully saturated rings. The Labute approximate surface area is 221 Å². The first kappa shape index (κ1) is 23.1. The van der Waals surface area contributed by atoms with Crippen molar-refractivity contribution in [3.05, 3.63) is 125 Å². The fourth-order valence-electron chi connectivity index (χ4n) is 4.91. The summed E-state index contributed by atoms with van der Waals surface area (Å²) in [7, 11) is 0. The summed E-state index contributed by atoms with van der Waals surface area (Å²) in [6, 6.07) is 31.7. The molecule has 1 amide bonds. The molecule has 37 heavy (non-hydrogen) atoms. The lowest BCUT2D eigenvalue weighted by Gasteiger charge is -2.16. The Kier molecular flexibility index (Phi) is 6.03. The molecule has 0 saturated heterocycles. The Morgan fingerprint density at radius 2 is 1.65 bits per heavy atom. The number of hydrogen-bond donors (Lipinski definition) is 0. The molecule has 1 aliphatic rings. The zero-order valence-electron chi connectivity index (χ0n) is 20.4. The van der Waals surface area contributed by atoms with Crippen LogP contribution in [0.25, 0.3) is 22.6 Å². The van der Waals surface area contributed by atoms with Crippen molar-refractivity contribution in [2.75, 3.05) is 11.5 Å². The van der Waals surface area contributed by atoms with Crippen LogP contribution in [0.3, 0.4) is 0 Å². The molecule has 0 saturated carbocycles. The summed E-state index contributed by atoms with van der Waals surface area (Å²) in [5.74, 6) is 0.778. The second-order valence-corrected chi connectivity index (χ2v) is 9.51. The Bertz CT molecular complexity index is 1650. The van der Waals surface area contributed by atoms with Crippen LogP contribution in [0.4, 0.5) is 11.4 Å². The second kappa shape index (κ2) is 9.64. The normalized spacial score (nSPS) is 13.9. The van der Waals surface area contributed by atoms with E-state index in [9.17, 15) is 4.79 Å². The number of amides is 1. The van der Waals surface area contributed by atoms with E-state index >= 15 is 0 Å². The minimum Gasteiger partial charge on any atom is -0.492 e. The maximum absolute atomic E-state index is 13.7. The van der Waals surface area contributed by atoms with Crippen LogP contribution in [-0.4, -0.2) is 17.1 Å². The molecule has 1 aromatic heterocycles. The van der Waals surface area contributed by atoms with Gasteiger partial charge in [0.05, 0.1) is 17.8 Å². The summed E-state index contributed by atoms with van der Waals surface area (Å²) in [5, 5.41) is 1.83. The molecule has 182 valence electrons. The highest BCUT2D eigenvalue weighted by atomic mass is 35.5. The van der Waals surface area contributed by atoms with Crippen molar-refractivity contribution in [3.8, 4) is 5.75 Å². The Hall–Kier alpha value is -4.28. The lowest BCUT2D eigenvalue weighted by Crippen LogP contribution is -2.20. The van der Waals surface area contributed by atoms with Crippen LogP contribution in [0.1, 0.15) is 16.7 Å². The molecule has 4 nitrogen and oxygen atoms in total. The SMILES string of the molecule is Cc1cc(OCCn2cc(/C=C3/C(=O)N(c4ccccc4)c4ccccc43)c3ccccc32)ccc1Cl. The van der Waals surface area contributed by atoms with Gasteiger partial charge in [-0.25, -0.2) is 0 Å². The molecule has 0 bridgehead atoms. The molecule has 1 aliphatic heterocycles. The number of aryl methyl sites for hydroxylation is 1. The van der Waals surface area contributed by atoms with Gasteiger partial charge in [-0.15, -0.1) is 0 Å². The fourth-order valence-corrected chi connectivity index (χ4v) is 5.03. The van der Waals surface area contributed by atoms with Crippen LogP contribution in [0, 0.1) is 6.92 Å². The first-order chi connectivity index (χ1) is 18.1. The maximum atomic E-state index is 13.7. The average Bonchev–Trinajstić information content (AvgIpc) is 3.41. The first-order valence-electron chi connectivity index (χ1n) is 12.3. The van der Waals surface area contributed by atoms with Gasteiger partial charge in [-0.2, -0.15) is 0 Å². The van der Waals surface area contributed by atoms with E-state index in [2.05, 4.69) is 22.9 Å². The van der Waals surface area contributed by atoms with Crippen LogP contribution in [0.2, 0.25) is 5.02 Å². The van der Waals surface area contributed by atoms with E-state index in [0.717, 1.165) is 49.7 Å². The van der Waals surface area contributed by atoms with Gasteiger partial charge in [0.25, 0.3) is 5.91 Å². The van der Waals surface area contributed by atoms with E-state index in [1.807, 2.05) is 97.9 Å². The highest BCUT2D eigenvalue weighted by Gasteiger charge is 2.33.